The minimum Gasteiger partial charge on any atom is -0.379 e. The number of imidazole rings is 1. The molecular weight excluding hydrogens is 357 g/mol. The van der Waals surface area contributed by atoms with E-state index in [1.807, 2.05) is 13.0 Å². The molecule has 5 nitrogen and oxygen atoms in total. The van der Waals surface area contributed by atoms with E-state index in [1.165, 1.54) is 18.9 Å². The molecule has 0 radical (unpaired) electrons. The van der Waals surface area contributed by atoms with Gasteiger partial charge in [-0.05, 0) is 77.0 Å². The van der Waals surface area contributed by atoms with Crippen LogP contribution in [0.15, 0.2) is 16.9 Å². The Bertz CT molecular complexity index is 887. The van der Waals surface area contributed by atoms with Crippen LogP contribution in [0.1, 0.15) is 64.0 Å². The Morgan fingerprint density at radius 1 is 1.21 bits per heavy atom. The highest BCUT2D eigenvalue weighted by atomic mass is 19.1. The average Bonchev–Trinajstić information content (AvgIpc) is 3.00. The SMILES string of the molecule is CCO[C@H]1CC[C@](C)(N2CCC(n3c(=O)[nH]c4c(F)cc(C)cc43)CC2)CC1. The van der Waals surface area contributed by atoms with E-state index in [2.05, 4.69) is 23.7 Å². The van der Waals surface area contributed by atoms with Crippen molar-refractivity contribution >= 4 is 11.0 Å². The molecule has 4 rings (SSSR count). The van der Waals surface area contributed by atoms with Gasteiger partial charge >= 0.3 is 5.69 Å². The quantitative estimate of drug-likeness (QED) is 0.855. The third-order valence-electron chi connectivity index (χ3n) is 6.93. The topological polar surface area (TPSA) is 50.3 Å². The summed E-state index contributed by atoms with van der Waals surface area (Å²) in [6.45, 7) is 9.07. The summed E-state index contributed by atoms with van der Waals surface area (Å²) in [5.74, 6) is -0.346. The van der Waals surface area contributed by atoms with Crippen molar-refractivity contribution in [3.63, 3.8) is 0 Å². The molecule has 28 heavy (non-hydrogen) atoms. The lowest BCUT2D eigenvalue weighted by molar-refractivity contribution is -0.0273. The highest BCUT2D eigenvalue weighted by molar-refractivity contribution is 5.77. The first-order valence-corrected chi connectivity index (χ1v) is 10.7. The second kappa shape index (κ2) is 7.64. The number of aryl methyl sites for hydroxylation is 1. The lowest BCUT2D eigenvalue weighted by Gasteiger charge is -2.48. The lowest BCUT2D eigenvalue weighted by Crippen LogP contribution is -2.53. The molecule has 2 aromatic rings. The van der Waals surface area contributed by atoms with Crippen LogP contribution in [0.2, 0.25) is 0 Å². The molecule has 0 atom stereocenters. The summed E-state index contributed by atoms with van der Waals surface area (Å²) in [7, 11) is 0. The minimum absolute atomic E-state index is 0.127. The molecule has 1 saturated carbocycles. The van der Waals surface area contributed by atoms with Crippen molar-refractivity contribution < 1.29 is 9.13 Å². The molecule has 2 aliphatic rings. The summed E-state index contributed by atoms with van der Waals surface area (Å²) in [4.78, 5) is 17.9. The Hall–Kier alpha value is -1.66. The minimum atomic E-state index is -0.346. The smallest absolute Gasteiger partial charge is 0.326 e. The fourth-order valence-corrected chi connectivity index (χ4v) is 5.27. The number of fused-ring (bicyclic) bond motifs is 1. The number of aromatic amines is 1. The Balaban J connectivity index is 1.47. The van der Waals surface area contributed by atoms with Gasteiger partial charge in [-0.15, -0.1) is 0 Å². The molecule has 1 aliphatic carbocycles. The monoisotopic (exact) mass is 389 g/mol. The predicted molar refractivity (Wildman–Crippen MR) is 109 cm³/mol. The Morgan fingerprint density at radius 3 is 2.54 bits per heavy atom. The van der Waals surface area contributed by atoms with Crippen LogP contribution in [0, 0.1) is 12.7 Å². The molecule has 1 aliphatic heterocycles. The molecule has 2 heterocycles. The van der Waals surface area contributed by atoms with Crippen LogP contribution in [0.5, 0.6) is 0 Å². The molecule has 0 amide bonds. The van der Waals surface area contributed by atoms with Crippen LogP contribution in [-0.4, -0.2) is 45.8 Å². The van der Waals surface area contributed by atoms with Gasteiger partial charge in [0.15, 0.2) is 0 Å². The molecule has 0 spiro atoms. The number of halogens is 1. The van der Waals surface area contributed by atoms with Gasteiger partial charge in [0, 0.05) is 31.3 Å². The summed E-state index contributed by atoms with van der Waals surface area (Å²) in [6.07, 6.45) is 6.85. The summed E-state index contributed by atoms with van der Waals surface area (Å²) < 4.78 is 21.8. The standard InChI is InChI=1S/C22H32FN3O2/c1-4-28-17-5-9-22(3,10-6-17)25-11-7-16(8-12-25)26-19-14-15(2)13-18(23)20(19)24-21(26)27/h13-14,16-17H,4-12H2,1-3H3,(H,24,27)/t17-,22-. The molecule has 154 valence electrons. The molecule has 1 aromatic carbocycles. The first kappa shape index (κ1) is 19.6. The average molecular weight is 390 g/mol. The van der Waals surface area contributed by atoms with Gasteiger partial charge in [0.05, 0.1) is 11.6 Å². The number of rotatable bonds is 4. The number of hydrogen-bond acceptors (Lipinski definition) is 3. The maximum Gasteiger partial charge on any atom is 0.326 e. The molecule has 1 aromatic heterocycles. The van der Waals surface area contributed by atoms with Gasteiger partial charge in [0.2, 0.25) is 0 Å². The summed E-state index contributed by atoms with van der Waals surface area (Å²) in [6, 6.07) is 3.52. The molecule has 1 N–H and O–H groups in total. The number of piperidine rings is 1. The summed E-state index contributed by atoms with van der Waals surface area (Å²) in [5.41, 5.74) is 1.91. The van der Waals surface area contributed by atoms with Crippen molar-refractivity contribution in [1.29, 1.82) is 0 Å². The van der Waals surface area contributed by atoms with Crippen LogP contribution in [0.3, 0.4) is 0 Å². The van der Waals surface area contributed by atoms with Crippen molar-refractivity contribution in [3.05, 3.63) is 34.0 Å². The number of ether oxygens (including phenoxy) is 1. The van der Waals surface area contributed by atoms with Gasteiger partial charge in [0.25, 0.3) is 0 Å². The maximum absolute atomic E-state index is 14.2. The Kier molecular flexibility index (Phi) is 5.36. The fourth-order valence-electron chi connectivity index (χ4n) is 5.27. The first-order valence-electron chi connectivity index (χ1n) is 10.7. The largest absolute Gasteiger partial charge is 0.379 e. The number of likely N-dealkylation sites (tertiary alicyclic amines) is 1. The molecule has 0 unspecified atom stereocenters. The third kappa shape index (κ3) is 3.52. The van der Waals surface area contributed by atoms with Gasteiger partial charge in [-0.25, -0.2) is 9.18 Å². The first-order chi connectivity index (χ1) is 13.4. The van der Waals surface area contributed by atoms with Crippen molar-refractivity contribution in [1.82, 2.24) is 14.5 Å². The number of hydrogen-bond donors (Lipinski definition) is 1. The van der Waals surface area contributed by atoms with Crippen molar-refractivity contribution in [3.8, 4) is 0 Å². The maximum atomic E-state index is 14.2. The normalized spacial score (nSPS) is 27.5. The second-order valence-corrected chi connectivity index (χ2v) is 8.81. The van der Waals surface area contributed by atoms with E-state index in [9.17, 15) is 9.18 Å². The van der Waals surface area contributed by atoms with Crippen molar-refractivity contribution in [2.75, 3.05) is 19.7 Å². The van der Waals surface area contributed by atoms with E-state index in [1.54, 1.807) is 4.57 Å². The lowest BCUT2D eigenvalue weighted by atomic mass is 9.79. The van der Waals surface area contributed by atoms with E-state index in [0.29, 0.717) is 17.1 Å². The number of benzene rings is 1. The van der Waals surface area contributed by atoms with Crippen molar-refractivity contribution in [2.24, 2.45) is 0 Å². The summed E-state index contributed by atoms with van der Waals surface area (Å²) >= 11 is 0. The van der Waals surface area contributed by atoms with Gasteiger partial charge < -0.3 is 9.72 Å². The second-order valence-electron chi connectivity index (χ2n) is 8.81. The highest BCUT2D eigenvalue weighted by Crippen LogP contribution is 2.38. The van der Waals surface area contributed by atoms with E-state index < -0.39 is 0 Å². The van der Waals surface area contributed by atoms with E-state index in [0.717, 1.165) is 50.9 Å². The van der Waals surface area contributed by atoms with Crippen molar-refractivity contribution in [2.45, 2.75) is 77.0 Å². The highest BCUT2D eigenvalue weighted by Gasteiger charge is 2.38. The van der Waals surface area contributed by atoms with Gasteiger partial charge in [-0.2, -0.15) is 0 Å². The van der Waals surface area contributed by atoms with Crippen LogP contribution >= 0.6 is 0 Å². The fraction of sp³-hybridized carbons (Fsp3) is 0.682. The van der Waals surface area contributed by atoms with E-state index >= 15 is 0 Å². The van der Waals surface area contributed by atoms with Crippen LogP contribution < -0.4 is 5.69 Å². The molecule has 0 bridgehead atoms. The van der Waals surface area contributed by atoms with Gasteiger partial charge in [0.1, 0.15) is 11.3 Å². The number of H-pyrrole nitrogens is 1. The zero-order valence-electron chi connectivity index (χ0n) is 17.3. The van der Waals surface area contributed by atoms with E-state index in [4.69, 9.17) is 4.74 Å². The van der Waals surface area contributed by atoms with Gasteiger partial charge in [-0.1, -0.05) is 0 Å². The number of nitrogens with one attached hydrogen (secondary N) is 1. The van der Waals surface area contributed by atoms with Crippen LogP contribution in [-0.2, 0) is 4.74 Å². The molecule has 2 fully saturated rings. The molecular formula is C22H32FN3O2. The molecule has 6 heteroatoms. The zero-order valence-corrected chi connectivity index (χ0v) is 17.3. The third-order valence-corrected chi connectivity index (χ3v) is 6.93. The summed E-state index contributed by atoms with van der Waals surface area (Å²) in [5, 5.41) is 0. The number of aromatic nitrogens is 2. The van der Waals surface area contributed by atoms with Gasteiger partial charge in [-0.3, -0.25) is 9.47 Å². The Morgan fingerprint density at radius 2 is 1.89 bits per heavy atom. The van der Waals surface area contributed by atoms with Crippen LogP contribution in [0.25, 0.3) is 11.0 Å². The number of nitrogens with zero attached hydrogens (tertiary/aromatic N) is 2. The zero-order chi connectivity index (χ0) is 19.9. The predicted octanol–water partition coefficient (Wildman–Crippen LogP) is 4.15. The van der Waals surface area contributed by atoms with Crippen LogP contribution in [0.4, 0.5) is 4.39 Å². The van der Waals surface area contributed by atoms with E-state index in [-0.39, 0.29) is 23.1 Å². The Labute approximate surface area is 165 Å². The molecule has 1 saturated heterocycles.